The van der Waals surface area contributed by atoms with Crippen LogP contribution in [0.5, 0.6) is 0 Å². The molecular formula is C15H22FN. The second-order valence-corrected chi connectivity index (χ2v) is 5.56. The van der Waals surface area contributed by atoms with Crippen molar-refractivity contribution in [3.05, 3.63) is 35.1 Å². The van der Waals surface area contributed by atoms with Crippen LogP contribution in [-0.2, 0) is 6.54 Å². The fourth-order valence-corrected chi connectivity index (χ4v) is 2.64. The summed E-state index contributed by atoms with van der Waals surface area (Å²) in [5.74, 6) is -0.113. The van der Waals surface area contributed by atoms with Gasteiger partial charge in [0.15, 0.2) is 0 Å². The minimum absolute atomic E-state index is 0.113. The van der Waals surface area contributed by atoms with E-state index >= 15 is 0 Å². The average molecular weight is 235 g/mol. The summed E-state index contributed by atoms with van der Waals surface area (Å²) in [6.07, 6.45) is 6.53. The lowest BCUT2D eigenvalue weighted by molar-refractivity contribution is 0.252. The van der Waals surface area contributed by atoms with Crippen LogP contribution >= 0.6 is 0 Å². The molecule has 0 aliphatic heterocycles. The maximum absolute atomic E-state index is 13.1. The van der Waals surface area contributed by atoms with Crippen LogP contribution in [0.1, 0.15) is 50.2 Å². The SMILES string of the molecule is Cc1cc(CNC2(C)CCCCC2)ccc1F. The van der Waals surface area contributed by atoms with Gasteiger partial charge in [0, 0.05) is 12.1 Å². The zero-order valence-electron chi connectivity index (χ0n) is 10.9. The van der Waals surface area contributed by atoms with Gasteiger partial charge in [0.05, 0.1) is 0 Å². The van der Waals surface area contributed by atoms with Crippen molar-refractivity contribution in [1.82, 2.24) is 5.32 Å². The van der Waals surface area contributed by atoms with E-state index in [-0.39, 0.29) is 11.4 Å². The Morgan fingerprint density at radius 3 is 2.59 bits per heavy atom. The van der Waals surface area contributed by atoms with Crippen molar-refractivity contribution >= 4 is 0 Å². The van der Waals surface area contributed by atoms with Crippen LogP contribution in [0.3, 0.4) is 0 Å². The summed E-state index contributed by atoms with van der Waals surface area (Å²) < 4.78 is 13.1. The predicted molar refractivity (Wildman–Crippen MR) is 69.5 cm³/mol. The van der Waals surface area contributed by atoms with Crippen molar-refractivity contribution in [2.24, 2.45) is 0 Å². The highest BCUT2D eigenvalue weighted by atomic mass is 19.1. The third kappa shape index (κ3) is 3.29. The number of hydrogen-bond donors (Lipinski definition) is 1. The van der Waals surface area contributed by atoms with Crippen molar-refractivity contribution in [2.45, 2.75) is 58.0 Å². The summed E-state index contributed by atoms with van der Waals surface area (Å²) in [5.41, 5.74) is 2.19. The number of rotatable bonds is 3. The second kappa shape index (κ2) is 5.18. The monoisotopic (exact) mass is 235 g/mol. The predicted octanol–water partition coefficient (Wildman–Crippen LogP) is 3.95. The molecule has 0 spiro atoms. The normalized spacial score (nSPS) is 19.2. The van der Waals surface area contributed by atoms with Gasteiger partial charge in [-0.1, -0.05) is 31.4 Å². The highest BCUT2D eigenvalue weighted by molar-refractivity contribution is 5.23. The Morgan fingerprint density at radius 2 is 1.94 bits per heavy atom. The van der Waals surface area contributed by atoms with E-state index in [1.807, 2.05) is 19.1 Å². The van der Waals surface area contributed by atoms with Gasteiger partial charge in [-0.25, -0.2) is 4.39 Å². The second-order valence-electron chi connectivity index (χ2n) is 5.56. The van der Waals surface area contributed by atoms with Crippen LogP contribution < -0.4 is 5.32 Å². The Hall–Kier alpha value is -0.890. The lowest BCUT2D eigenvalue weighted by atomic mass is 9.83. The van der Waals surface area contributed by atoms with Crippen LogP contribution in [-0.4, -0.2) is 5.54 Å². The molecule has 94 valence electrons. The Morgan fingerprint density at radius 1 is 1.24 bits per heavy atom. The zero-order chi connectivity index (χ0) is 12.3. The maximum Gasteiger partial charge on any atom is 0.126 e. The fourth-order valence-electron chi connectivity index (χ4n) is 2.64. The van der Waals surface area contributed by atoms with Crippen LogP contribution in [0, 0.1) is 12.7 Å². The van der Waals surface area contributed by atoms with E-state index in [1.54, 1.807) is 6.07 Å². The van der Waals surface area contributed by atoms with E-state index in [0.29, 0.717) is 0 Å². The first-order chi connectivity index (χ1) is 8.09. The van der Waals surface area contributed by atoms with Crippen LogP contribution in [0.2, 0.25) is 0 Å². The molecule has 2 heteroatoms. The molecule has 1 fully saturated rings. The highest BCUT2D eigenvalue weighted by Crippen LogP contribution is 2.27. The topological polar surface area (TPSA) is 12.0 Å². The molecular weight excluding hydrogens is 213 g/mol. The lowest BCUT2D eigenvalue weighted by Gasteiger charge is -2.35. The number of halogens is 1. The molecule has 1 aromatic rings. The summed E-state index contributed by atoms with van der Waals surface area (Å²) in [7, 11) is 0. The van der Waals surface area contributed by atoms with Crippen LogP contribution in [0.25, 0.3) is 0 Å². The molecule has 1 aromatic carbocycles. The first-order valence-electron chi connectivity index (χ1n) is 6.59. The molecule has 1 aliphatic carbocycles. The smallest absolute Gasteiger partial charge is 0.126 e. The van der Waals surface area contributed by atoms with Gasteiger partial charge in [-0.2, -0.15) is 0 Å². The first kappa shape index (κ1) is 12.6. The van der Waals surface area contributed by atoms with E-state index in [1.165, 1.54) is 37.7 Å². The van der Waals surface area contributed by atoms with Crippen molar-refractivity contribution in [2.75, 3.05) is 0 Å². The summed E-state index contributed by atoms with van der Waals surface area (Å²) in [6, 6.07) is 5.38. The minimum Gasteiger partial charge on any atom is -0.307 e. The molecule has 1 aliphatic rings. The van der Waals surface area contributed by atoms with Gasteiger partial charge in [-0.3, -0.25) is 0 Å². The van der Waals surface area contributed by atoms with Crippen LogP contribution in [0.15, 0.2) is 18.2 Å². The van der Waals surface area contributed by atoms with Crippen molar-refractivity contribution < 1.29 is 4.39 Å². The summed E-state index contributed by atoms with van der Waals surface area (Å²) in [5, 5.41) is 3.64. The zero-order valence-corrected chi connectivity index (χ0v) is 10.9. The highest BCUT2D eigenvalue weighted by Gasteiger charge is 2.25. The quantitative estimate of drug-likeness (QED) is 0.836. The third-order valence-corrected chi connectivity index (χ3v) is 3.90. The molecule has 17 heavy (non-hydrogen) atoms. The number of benzene rings is 1. The standard InChI is InChI=1S/C15H22FN/c1-12-10-13(6-7-14(12)16)11-17-15(2)8-4-3-5-9-15/h6-7,10,17H,3-5,8-9,11H2,1-2H3. The van der Waals surface area contributed by atoms with Crippen molar-refractivity contribution in [3.8, 4) is 0 Å². The van der Waals surface area contributed by atoms with Gasteiger partial charge in [0.2, 0.25) is 0 Å². The molecule has 0 amide bonds. The van der Waals surface area contributed by atoms with Crippen LogP contribution in [0.4, 0.5) is 4.39 Å². The maximum atomic E-state index is 13.1. The fraction of sp³-hybridized carbons (Fsp3) is 0.600. The molecule has 0 bridgehead atoms. The Labute approximate surface area is 103 Å². The van der Waals surface area contributed by atoms with E-state index in [4.69, 9.17) is 0 Å². The lowest BCUT2D eigenvalue weighted by Crippen LogP contribution is -2.43. The van der Waals surface area contributed by atoms with Gasteiger partial charge in [-0.05, 0) is 43.9 Å². The third-order valence-electron chi connectivity index (χ3n) is 3.90. The van der Waals surface area contributed by atoms with Gasteiger partial charge >= 0.3 is 0 Å². The molecule has 1 nitrogen and oxygen atoms in total. The number of hydrogen-bond acceptors (Lipinski definition) is 1. The molecule has 1 N–H and O–H groups in total. The minimum atomic E-state index is -0.113. The first-order valence-corrected chi connectivity index (χ1v) is 6.59. The summed E-state index contributed by atoms with van der Waals surface area (Å²) in [4.78, 5) is 0. The van der Waals surface area contributed by atoms with E-state index in [0.717, 1.165) is 12.1 Å². The molecule has 1 saturated carbocycles. The summed E-state index contributed by atoms with van der Waals surface area (Å²) >= 11 is 0. The largest absolute Gasteiger partial charge is 0.307 e. The van der Waals surface area contributed by atoms with Gasteiger partial charge in [0.25, 0.3) is 0 Å². The number of aryl methyl sites for hydroxylation is 1. The molecule has 0 radical (unpaired) electrons. The molecule has 0 atom stereocenters. The molecule has 0 saturated heterocycles. The Kier molecular flexibility index (Phi) is 3.82. The van der Waals surface area contributed by atoms with E-state index in [9.17, 15) is 4.39 Å². The van der Waals surface area contributed by atoms with Gasteiger partial charge < -0.3 is 5.32 Å². The average Bonchev–Trinajstić information content (AvgIpc) is 2.32. The van der Waals surface area contributed by atoms with Crippen molar-refractivity contribution in [1.29, 1.82) is 0 Å². The van der Waals surface area contributed by atoms with E-state index < -0.39 is 0 Å². The molecule has 0 heterocycles. The Bertz CT molecular complexity index is 381. The molecule has 2 rings (SSSR count). The molecule has 0 unspecified atom stereocenters. The Balaban J connectivity index is 1.94. The van der Waals surface area contributed by atoms with Gasteiger partial charge in [0.1, 0.15) is 5.82 Å². The van der Waals surface area contributed by atoms with E-state index in [2.05, 4.69) is 12.2 Å². The number of nitrogens with one attached hydrogen (secondary N) is 1. The van der Waals surface area contributed by atoms with Crippen molar-refractivity contribution in [3.63, 3.8) is 0 Å². The summed E-state index contributed by atoms with van der Waals surface area (Å²) in [6.45, 7) is 4.97. The molecule has 0 aromatic heterocycles. The van der Waals surface area contributed by atoms with Gasteiger partial charge in [-0.15, -0.1) is 0 Å².